The fourth-order valence-corrected chi connectivity index (χ4v) is 4.99. The Morgan fingerprint density at radius 3 is 2.39 bits per heavy atom. The maximum atomic E-state index is 14.6. The van der Waals surface area contributed by atoms with Crippen LogP contribution >= 0.6 is 0 Å². The van der Waals surface area contributed by atoms with Gasteiger partial charge in [0, 0.05) is 36.0 Å². The molecule has 0 unspecified atom stereocenters. The van der Waals surface area contributed by atoms with Gasteiger partial charge in [0.15, 0.2) is 0 Å². The van der Waals surface area contributed by atoms with E-state index < -0.39 is 12.5 Å². The molecule has 0 radical (unpaired) electrons. The number of nitrogens with zero attached hydrogens (tertiary/aromatic N) is 1. The Hall–Kier alpha value is -3.13. The van der Waals surface area contributed by atoms with E-state index in [0.717, 1.165) is 37.6 Å². The van der Waals surface area contributed by atoms with Gasteiger partial charge in [-0.3, -0.25) is 5.32 Å². The van der Waals surface area contributed by atoms with E-state index >= 15 is 0 Å². The van der Waals surface area contributed by atoms with E-state index in [1.165, 1.54) is 0 Å². The van der Waals surface area contributed by atoms with Crippen LogP contribution in [0.4, 0.5) is 19.3 Å². The van der Waals surface area contributed by atoms with Crippen molar-refractivity contribution in [2.75, 3.05) is 18.5 Å². The van der Waals surface area contributed by atoms with Crippen LogP contribution in [0.2, 0.25) is 0 Å². The summed E-state index contributed by atoms with van der Waals surface area (Å²) in [5, 5.41) is 3.23. The average molecular weight is 499 g/mol. The Kier molecular flexibility index (Phi) is 7.14. The second-order valence-corrected chi connectivity index (χ2v) is 9.78. The standard InChI is InChI=1S/C28H32F2N2O4/c1-17(2)35-28(33)31-19-8-6-18(7-9-19)26-25(27(29)30)23-11-10-22(36-21-12-14-34-15-13-21)16-24(23)32(26)20-4-3-5-20/h6-11,16-17,20-21,27H,3-5,12-15H2,1-2H3,(H,31,33). The zero-order valence-corrected chi connectivity index (χ0v) is 20.6. The molecule has 2 heterocycles. The smallest absolute Gasteiger partial charge is 0.411 e. The number of anilines is 1. The van der Waals surface area contributed by atoms with E-state index in [1.807, 2.05) is 6.07 Å². The average Bonchev–Trinajstić information content (AvgIpc) is 3.13. The molecule has 36 heavy (non-hydrogen) atoms. The van der Waals surface area contributed by atoms with E-state index in [1.54, 1.807) is 50.2 Å². The van der Waals surface area contributed by atoms with Crippen LogP contribution in [-0.4, -0.2) is 36.1 Å². The second-order valence-electron chi connectivity index (χ2n) is 9.78. The van der Waals surface area contributed by atoms with E-state index in [0.29, 0.717) is 41.3 Å². The summed E-state index contributed by atoms with van der Waals surface area (Å²) >= 11 is 0. The molecule has 2 aliphatic rings. The van der Waals surface area contributed by atoms with Crippen molar-refractivity contribution in [2.24, 2.45) is 0 Å². The summed E-state index contributed by atoms with van der Waals surface area (Å²) in [5.74, 6) is 0.697. The van der Waals surface area contributed by atoms with Crippen molar-refractivity contribution in [3.05, 3.63) is 48.0 Å². The van der Waals surface area contributed by atoms with Crippen molar-refractivity contribution in [1.82, 2.24) is 4.57 Å². The first-order chi connectivity index (χ1) is 17.4. The van der Waals surface area contributed by atoms with E-state index in [4.69, 9.17) is 14.2 Å². The quantitative estimate of drug-likeness (QED) is 0.367. The Labute approximate surface area is 209 Å². The summed E-state index contributed by atoms with van der Waals surface area (Å²) in [5.41, 5.74) is 2.57. The largest absolute Gasteiger partial charge is 0.490 e. The van der Waals surface area contributed by atoms with Crippen LogP contribution in [0.5, 0.6) is 5.75 Å². The van der Waals surface area contributed by atoms with Gasteiger partial charge >= 0.3 is 6.09 Å². The van der Waals surface area contributed by atoms with Gasteiger partial charge in [-0.15, -0.1) is 0 Å². The molecule has 6 nitrogen and oxygen atoms in total. The van der Waals surface area contributed by atoms with E-state index in [9.17, 15) is 13.6 Å². The van der Waals surface area contributed by atoms with Gasteiger partial charge in [0.1, 0.15) is 11.9 Å². The molecule has 1 N–H and O–H groups in total. The first-order valence-electron chi connectivity index (χ1n) is 12.7. The van der Waals surface area contributed by atoms with E-state index in [-0.39, 0.29) is 23.8 Å². The topological polar surface area (TPSA) is 61.7 Å². The lowest BCUT2D eigenvalue weighted by Crippen LogP contribution is -2.25. The number of amides is 1. The van der Waals surface area contributed by atoms with Gasteiger partial charge in [-0.25, -0.2) is 13.6 Å². The zero-order chi connectivity index (χ0) is 25.2. The Bertz CT molecular complexity index is 1210. The lowest BCUT2D eigenvalue weighted by Gasteiger charge is -2.30. The highest BCUT2D eigenvalue weighted by Crippen LogP contribution is 2.46. The van der Waals surface area contributed by atoms with Crippen LogP contribution in [0.15, 0.2) is 42.5 Å². The molecule has 1 saturated carbocycles. The number of halogens is 2. The van der Waals surface area contributed by atoms with Crippen molar-refractivity contribution >= 4 is 22.7 Å². The highest BCUT2D eigenvalue weighted by molar-refractivity contribution is 5.94. The van der Waals surface area contributed by atoms with Crippen LogP contribution in [0.25, 0.3) is 22.2 Å². The molecular formula is C28H32F2N2O4. The number of nitrogens with one attached hydrogen (secondary N) is 1. The fourth-order valence-electron chi connectivity index (χ4n) is 4.99. The molecule has 2 fully saturated rings. The minimum Gasteiger partial charge on any atom is -0.490 e. The minimum absolute atomic E-state index is 0.0365. The molecule has 1 amide bonds. The van der Waals surface area contributed by atoms with Crippen molar-refractivity contribution in [2.45, 2.75) is 70.6 Å². The Morgan fingerprint density at radius 1 is 1.06 bits per heavy atom. The molecule has 1 saturated heterocycles. The summed E-state index contributed by atoms with van der Waals surface area (Å²) in [6, 6.07) is 12.6. The zero-order valence-electron chi connectivity index (χ0n) is 20.6. The second kappa shape index (κ2) is 10.5. The third kappa shape index (κ3) is 5.05. The molecule has 3 aromatic rings. The molecule has 0 spiro atoms. The number of hydrogen-bond donors (Lipinski definition) is 1. The van der Waals surface area contributed by atoms with Gasteiger partial charge in [0.05, 0.1) is 36.1 Å². The third-order valence-electron chi connectivity index (χ3n) is 6.89. The number of benzene rings is 2. The van der Waals surface area contributed by atoms with Gasteiger partial charge in [0.2, 0.25) is 0 Å². The predicted octanol–water partition coefficient (Wildman–Crippen LogP) is 7.49. The lowest BCUT2D eigenvalue weighted by molar-refractivity contribution is 0.0256. The Morgan fingerprint density at radius 2 is 1.78 bits per heavy atom. The molecule has 1 aliphatic carbocycles. The molecule has 192 valence electrons. The highest BCUT2D eigenvalue weighted by atomic mass is 19.3. The monoisotopic (exact) mass is 498 g/mol. The lowest BCUT2D eigenvalue weighted by atomic mass is 9.92. The van der Waals surface area contributed by atoms with Gasteiger partial charge in [-0.1, -0.05) is 12.1 Å². The number of alkyl halides is 2. The van der Waals surface area contributed by atoms with Crippen molar-refractivity contribution in [3.8, 4) is 17.0 Å². The molecule has 1 aliphatic heterocycles. The first-order valence-corrected chi connectivity index (χ1v) is 12.7. The SMILES string of the molecule is CC(C)OC(=O)Nc1ccc(-c2c(C(F)F)c3ccc(OC4CCOCC4)cc3n2C2CCC2)cc1. The molecule has 8 heteroatoms. The summed E-state index contributed by atoms with van der Waals surface area (Å²) < 4.78 is 47.9. The molecule has 0 bridgehead atoms. The first kappa shape index (κ1) is 24.6. The molecule has 2 aromatic carbocycles. The fraction of sp³-hybridized carbons (Fsp3) is 0.464. The van der Waals surface area contributed by atoms with Gasteiger partial charge in [-0.2, -0.15) is 0 Å². The number of carbonyl (C=O) groups excluding carboxylic acids is 1. The van der Waals surface area contributed by atoms with E-state index in [2.05, 4.69) is 9.88 Å². The van der Waals surface area contributed by atoms with Crippen molar-refractivity contribution in [1.29, 1.82) is 0 Å². The van der Waals surface area contributed by atoms with Crippen LogP contribution in [0, 0.1) is 0 Å². The number of hydrogen-bond acceptors (Lipinski definition) is 4. The van der Waals surface area contributed by atoms with Crippen LogP contribution < -0.4 is 10.1 Å². The van der Waals surface area contributed by atoms with Crippen molar-refractivity contribution in [3.63, 3.8) is 0 Å². The maximum Gasteiger partial charge on any atom is 0.411 e. The summed E-state index contributed by atoms with van der Waals surface area (Å²) in [6.45, 7) is 4.89. The number of rotatable bonds is 7. The summed E-state index contributed by atoms with van der Waals surface area (Å²) in [4.78, 5) is 11.9. The molecule has 1 aromatic heterocycles. The van der Waals surface area contributed by atoms with Crippen LogP contribution in [0.1, 0.15) is 64.0 Å². The molecule has 0 atom stereocenters. The predicted molar refractivity (Wildman–Crippen MR) is 135 cm³/mol. The number of ether oxygens (including phenoxy) is 3. The highest BCUT2D eigenvalue weighted by Gasteiger charge is 2.31. The van der Waals surface area contributed by atoms with Crippen LogP contribution in [-0.2, 0) is 9.47 Å². The normalized spacial score (nSPS) is 16.9. The third-order valence-corrected chi connectivity index (χ3v) is 6.89. The van der Waals surface area contributed by atoms with Gasteiger partial charge in [0.25, 0.3) is 6.43 Å². The van der Waals surface area contributed by atoms with Crippen molar-refractivity contribution < 1.29 is 27.8 Å². The molecule has 5 rings (SSSR count). The van der Waals surface area contributed by atoms with Gasteiger partial charge < -0.3 is 18.8 Å². The van der Waals surface area contributed by atoms with Crippen LogP contribution in [0.3, 0.4) is 0 Å². The number of carbonyl (C=O) groups is 1. The molecular weight excluding hydrogens is 466 g/mol. The summed E-state index contributed by atoms with van der Waals surface area (Å²) in [7, 11) is 0. The van der Waals surface area contributed by atoms with Gasteiger partial charge in [-0.05, 0) is 62.9 Å². The summed E-state index contributed by atoms with van der Waals surface area (Å²) in [6.07, 6.45) is 1.26. The maximum absolute atomic E-state index is 14.6. The Balaban J connectivity index is 1.54. The number of aromatic nitrogens is 1. The minimum atomic E-state index is -2.63. The number of fused-ring (bicyclic) bond motifs is 1.